The third-order valence-electron chi connectivity index (χ3n) is 1.91. The van der Waals surface area contributed by atoms with E-state index < -0.39 is 9.73 Å². The summed E-state index contributed by atoms with van der Waals surface area (Å²) in [5.74, 6) is 0.231. The van der Waals surface area contributed by atoms with Crippen LogP contribution >= 0.6 is 0 Å². The summed E-state index contributed by atoms with van der Waals surface area (Å²) in [6.45, 7) is 6.00. The van der Waals surface area contributed by atoms with Gasteiger partial charge in [0.05, 0.1) is 0 Å². The molecule has 0 aromatic rings. The predicted molar refractivity (Wildman–Crippen MR) is 59.7 cm³/mol. The summed E-state index contributed by atoms with van der Waals surface area (Å²) < 4.78 is 14.9. The predicted octanol–water partition coefficient (Wildman–Crippen LogP) is 0.875. The summed E-state index contributed by atoms with van der Waals surface area (Å²) >= 11 is 0. The Labute approximate surface area is 86.6 Å². The average Bonchev–Trinajstić information content (AvgIpc) is 1.99. The van der Waals surface area contributed by atoms with Gasteiger partial charge >= 0.3 is 0 Å². The minimum atomic E-state index is -2.16. The fraction of sp³-hybridized carbons (Fsp3) is 0.889. The Morgan fingerprint density at radius 2 is 1.86 bits per heavy atom. The van der Waals surface area contributed by atoms with Crippen LogP contribution in [0, 0.1) is 5.92 Å². The first-order chi connectivity index (χ1) is 6.22. The van der Waals surface area contributed by atoms with Crippen LogP contribution in [0.4, 0.5) is 0 Å². The maximum atomic E-state index is 11.3. The van der Waals surface area contributed by atoms with Crippen LogP contribution in [0.1, 0.15) is 20.8 Å². The number of amides is 1. The van der Waals surface area contributed by atoms with E-state index in [1.54, 1.807) is 0 Å². The van der Waals surface area contributed by atoms with Crippen molar-refractivity contribution in [1.29, 1.82) is 0 Å². The summed E-state index contributed by atoms with van der Waals surface area (Å²) in [4.78, 5) is 11.3. The molecule has 0 radical (unpaired) electrons. The number of hydrogen-bond donors (Lipinski definition) is 1. The van der Waals surface area contributed by atoms with Gasteiger partial charge in [0.25, 0.3) is 0 Å². The molecule has 0 rings (SSSR count). The van der Waals surface area contributed by atoms with E-state index in [0.717, 1.165) is 0 Å². The van der Waals surface area contributed by atoms with Crippen molar-refractivity contribution in [3.63, 3.8) is 0 Å². The standard InChI is InChI=1S/C9H20N2O2S/c1-7(2)8(3)11-9(12)6-10-14(4,5)13/h7-8H,6H2,1-5H3,(H,11,12)/t8-/m1/s1. The molecule has 0 spiro atoms. The van der Waals surface area contributed by atoms with Gasteiger partial charge in [0.1, 0.15) is 6.54 Å². The highest BCUT2D eigenvalue weighted by Crippen LogP contribution is 1.99. The van der Waals surface area contributed by atoms with Crippen LogP contribution in [-0.2, 0) is 14.5 Å². The summed E-state index contributed by atoms with van der Waals surface area (Å²) in [6, 6.07) is 0.127. The van der Waals surface area contributed by atoms with Crippen LogP contribution in [0.25, 0.3) is 0 Å². The molecule has 84 valence electrons. The Morgan fingerprint density at radius 3 is 2.21 bits per heavy atom. The third kappa shape index (κ3) is 6.88. The lowest BCUT2D eigenvalue weighted by Gasteiger charge is -2.16. The number of carbonyl (C=O) groups is 1. The van der Waals surface area contributed by atoms with Crippen LogP contribution in [0.15, 0.2) is 4.36 Å². The molecule has 0 aromatic carbocycles. The summed E-state index contributed by atoms with van der Waals surface area (Å²) in [5, 5.41) is 2.79. The fourth-order valence-corrected chi connectivity index (χ4v) is 1.11. The number of hydrogen-bond acceptors (Lipinski definition) is 3. The first-order valence-electron chi connectivity index (χ1n) is 4.64. The van der Waals surface area contributed by atoms with E-state index >= 15 is 0 Å². The molecule has 1 amide bonds. The van der Waals surface area contributed by atoms with Crippen molar-refractivity contribution in [3.8, 4) is 0 Å². The van der Waals surface area contributed by atoms with Crippen LogP contribution in [-0.4, -0.2) is 35.2 Å². The molecule has 0 bridgehead atoms. The van der Waals surface area contributed by atoms with Crippen molar-refractivity contribution >= 4 is 15.6 Å². The van der Waals surface area contributed by atoms with Crippen molar-refractivity contribution in [2.24, 2.45) is 10.3 Å². The van der Waals surface area contributed by atoms with E-state index in [0.29, 0.717) is 5.92 Å². The Balaban J connectivity index is 4.08. The van der Waals surface area contributed by atoms with Gasteiger partial charge in [-0.3, -0.25) is 9.00 Å². The molecule has 0 aliphatic heterocycles. The van der Waals surface area contributed by atoms with Gasteiger partial charge in [-0.2, -0.15) is 0 Å². The maximum absolute atomic E-state index is 11.3. The van der Waals surface area contributed by atoms with Gasteiger partial charge in [-0.15, -0.1) is 0 Å². The molecular weight excluding hydrogens is 200 g/mol. The first-order valence-corrected chi connectivity index (χ1v) is 6.98. The van der Waals surface area contributed by atoms with E-state index in [4.69, 9.17) is 0 Å². The second kappa shape index (κ2) is 5.34. The van der Waals surface area contributed by atoms with E-state index in [1.807, 2.05) is 20.8 Å². The van der Waals surface area contributed by atoms with Gasteiger partial charge in [-0.1, -0.05) is 13.8 Å². The largest absolute Gasteiger partial charge is 0.352 e. The Morgan fingerprint density at radius 1 is 1.36 bits per heavy atom. The molecule has 1 N–H and O–H groups in total. The molecule has 5 heteroatoms. The monoisotopic (exact) mass is 220 g/mol. The van der Waals surface area contributed by atoms with Crippen molar-refractivity contribution < 1.29 is 9.00 Å². The second-order valence-corrected chi connectivity index (χ2v) is 6.69. The van der Waals surface area contributed by atoms with Gasteiger partial charge in [0.15, 0.2) is 0 Å². The highest BCUT2D eigenvalue weighted by Gasteiger charge is 2.09. The lowest BCUT2D eigenvalue weighted by Crippen LogP contribution is -2.37. The molecule has 0 heterocycles. The van der Waals surface area contributed by atoms with Gasteiger partial charge in [0.2, 0.25) is 5.91 Å². The maximum Gasteiger partial charge on any atom is 0.242 e. The minimum Gasteiger partial charge on any atom is -0.352 e. The zero-order valence-corrected chi connectivity index (χ0v) is 10.4. The van der Waals surface area contributed by atoms with Gasteiger partial charge < -0.3 is 5.32 Å². The van der Waals surface area contributed by atoms with Crippen molar-refractivity contribution in [2.75, 3.05) is 19.1 Å². The van der Waals surface area contributed by atoms with Crippen molar-refractivity contribution in [2.45, 2.75) is 26.8 Å². The molecular formula is C9H20N2O2S. The fourth-order valence-electron chi connectivity index (χ4n) is 0.680. The summed E-state index contributed by atoms with van der Waals surface area (Å²) in [6.07, 6.45) is 3.04. The lowest BCUT2D eigenvalue weighted by molar-refractivity contribution is -0.120. The van der Waals surface area contributed by atoms with E-state index in [-0.39, 0.29) is 18.5 Å². The molecule has 0 fully saturated rings. The molecule has 0 unspecified atom stereocenters. The minimum absolute atomic E-state index is 0.0110. The highest BCUT2D eigenvalue weighted by atomic mass is 32.2. The SMILES string of the molecule is CC(C)[C@@H](C)NC(=O)CN=S(C)(C)=O. The van der Waals surface area contributed by atoms with Crippen LogP contribution in [0.3, 0.4) is 0 Å². The highest BCUT2D eigenvalue weighted by molar-refractivity contribution is 7.92. The normalized spacial score (nSPS) is 13.9. The molecule has 0 aliphatic carbocycles. The van der Waals surface area contributed by atoms with Crippen molar-refractivity contribution in [1.82, 2.24) is 5.32 Å². The molecule has 0 saturated heterocycles. The van der Waals surface area contributed by atoms with Gasteiger partial charge in [-0.05, 0) is 12.8 Å². The number of nitrogens with one attached hydrogen (secondary N) is 1. The summed E-state index contributed by atoms with van der Waals surface area (Å²) in [5.41, 5.74) is 0. The van der Waals surface area contributed by atoms with E-state index in [1.165, 1.54) is 12.5 Å². The van der Waals surface area contributed by atoms with Crippen LogP contribution < -0.4 is 5.32 Å². The van der Waals surface area contributed by atoms with Crippen LogP contribution in [0.5, 0.6) is 0 Å². The molecule has 14 heavy (non-hydrogen) atoms. The molecule has 0 saturated carbocycles. The Hall–Kier alpha value is -0.580. The zero-order chi connectivity index (χ0) is 11.4. The number of carbonyl (C=O) groups excluding carboxylic acids is 1. The smallest absolute Gasteiger partial charge is 0.242 e. The zero-order valence-electron chi connectivity index (χ0n) is 9.53. The molecule has 1 atom stereocenters. The van der Waals surface area contributed by atoms with Crippen molar-refractivity contribution in [3.05, 3.63) is 0 Å². The second-order valence-electron chi connectivity index (χ2n) is 4.07. The first kappa shape index (κ1) is 13.4. The number of rotatable bonds is 4. The quantitative estimate of drug-likeness (QED) is 0.764. The summed E-state index contributed by atoms with van der Waals surface area (Å²) in [7, 11) is -2.16. The third-order valence-corrected chi connectivity index (χ3v) is 2.66. The van der Waals surface area contributed by atoms with E-state index in [9.17, 15) is 9.00 Å². The molecule has 0 aliphatic rings. The van der Waals surface area contributed by atoms with Gasteiger partial charge in [-0.25, -0.2) is 4.36 Å². The van der Waals surface area contributed by atoms with Crippen LogP contribution in [0.2, 0.25) is 0 Å². The Bertz CT molecular complexity index is 296. The Kier molecular flexibility index (Phi) is 5.12. The molecule has 0 aromatic heterocycles. The topological polar surface area (TPSA) is 58.5 Å². The lowest BCUT2D eigenvalue weighted by atomic mass is 10.1. The van der Waals surface area contributed by atoms with Gasteiger partial charge in [0, 0.05) is 28.3 Å². The average molecular weight is 220 g/mol. The molecule has 4 nitrogen and oxygen atoms in total. The number of nitrogens with zero attached hydrogens (tertiary/aromatic N) is 1. The van der Waals surface area contributed by atoms with E-state index in [2.05, 4.69) is 9.68 Å².